The molecule has 0 unspecified atom stereocenters. The van der Waals surface area contributed by atoms with Gasteiger partial charge in [0.15, 0.2) is 0 Å². The van der Waals surface area contributed by atoms with E-state index in [4.69, 9.17) is 0 Å². The van der Waals surface area contributed by atoms with Crippen LogP contribution in [0.5, 0.6) is 0 Å². The second-order valence-electron chi connectivity index (χ2n) is 6.26. The van der Waals surface area contributed by atoms with E-state index < -0.39 is 0 Å². The average molecular weight is 280 g/mol. The van der Waals surface area contributed by atoms with E-state index in [1.807, 2.05) is 9.80 Å². The van der Waals surface area contributed by atoms with Crippen LogP contribution in [0.15, 0.2) is 0 Å². The van der Waals surface area contributed by atoms with E-state index >= 15 is 0 Å². The largest absolute Gasteiger partial charge is 0.339 e. The summed E-state index contributed by atoms with van der Waals surface area (Å²) in [6.07, 6.45) is 0. The summed E-state index contributed by atoms with van der Waals surface area (Å²) in [5, 5.41) is 3.42. The summed E-state index contributed by atoms with van der Waals surface area (Å²) in [5.41, 5.74) is 0. The topological polar surface area (TPSA) is 55.9 Å². The van der Waals surface area contributed by atoms with Crippen molar-refractivity contribution in [2.75, 3.05) is 58.9 Å². The third-order valence-corrected chi connectivity index (χ3v) is 4.90. The van der Waals surface area contributed by atoms with Gasteiger partial charge in [0.2, 0.25) is 11.8 Å². The van der Waals surface area contributed by atoms with E-state index in [-0.39, 0.29) is 11.8 Å². The average Bonchev–Trinajstić information content (AvgIpc) is 2.99. The fourth-order valence-electron chi connectivity index (χ4n) is 3.64. The molecule has 112 valence electrons. The molecule has 2 amide bonds. The van der Waals surface area contributed by atoms with Crippen LogP contribution < -0.4 is 5.32 Å². The van der Waals surface area contributed by atoms with Crippen molar-refractivity contribution >= 4 is 11.8 Å². The third-order valence-electron chi connectivity index (χ3n) is 4.90. The molecule has 6 heteroatoms. The van der Waals surface area contributed by atoms with Crippen LogP contribution in [0.4, 0.5) is 0 Å². The first-order valence-corrected chi connectivity index (χ1v) is 7.60. The van der Waals surface area contributed by atoms with Crippen LogP contribution in [0.2, 0.25) is 0 Å². The number of carbonyl (C=O) groups excluding carboxylic acids is 2. The van der Waals surface area contributed by atoms with Crippen LogP contribution in [-0.2, 0) is 9.59 Å². The Hall–Kier alpha value is -1.14. The summed E-state index contributed by atoms with van der Waals surface area (Å²) in [6, 6.07) is 0. The Morgan fingerprint density at radius 2 is 1.55 bits per heavy atom. The van der Waals surface area contributed by atoms with Gasteiger partial charge in [0, 0.05) is 46.2 Å². The summed E-state index contributed by atoms with van der Waals surface area (Å²) >= 11 is 0. The Balaban J connectivity index is 1.45. The molecule has 3 aliphatic rings. The number of piperazine rings is 1. The molecule has 3 rings (SSSR count). The zero-order chi connectivity index (χ0) is 14.1. The minimum atomic E-state index is 0.108. The van der Waals surface area contributed by atoms with Gasteiger partial charge >= 0.3 is 0 Å². The van der Waals surface area contributed by atoms with Gasteiger partial charge in [-0.2, -0.15) is 0 Å². The maximum absolute atomic E-state index is 12.3. The third kappa shape index (κ3) is 2.81. The molecular weight excluding hydrogens is 256 g/mol. The van der Waals surface area contributed by atoms with Crippen LogP contribution in [0.25, 0.3) is 0 Å². The molecule has 3 aliphatic heterocycles. The van der Waals surface area contributed by atoms with E-state index in [0.717, 1.165) is 38.0 Å². The Bertz CT molecular complexity index is 381. The predicted octanol–water partition coefficient (Wildman–Crippen LogP) is -1.17. The molecule has 3 heterocycles. The lowest BCUT2D eigenvalue weighted by Crippen LogP contribution is -2.52. The lowest BCUT2D eigenvalue weighted by atomic mass is 10.0. The van der Waals surface area contributed by atoms with Crippen LogP contribution in [0, 0.1) is 11.8 Å². The van der Waals surface area contributed by atoms with Crippen molar-refractivity contribution in [3.63, 3.8) is 0 Å². The molecule has 3 fully saturated rings. The first-order valence-electron chi connectivity index (χ1n) is 7.60. The highest BCUT2D eigenvalue weighted by Crippen LogP contribution is 2.26. The van der Waals surface area contributed by atoms with Crippen LogP contribution >= 0.6 is 0 Å². The number of hydrogen-bond donors (Lipinski definition) is 1. The highest BCUT2D eigenvalue weighted by atomic mass is 16.2. The van der Waals surface area contributed by atoms with Gasteiger partial charge in [0.1, 0.15) is 0 Å². The highest BCUT2D eigenvalue weighted by molar-refractivity contribution is 5.79. The second kappa shape index (κ2) is 5.69. The van der Waals surface area contributed by atoms with Crippen molar-refractivity contribution < 1.29 is 9.59 Å². The van der Waals surface area contributed by atoms with Crippen LogP contribution in [-0.4, -0.2) is 85.4 Å². The lowest BCUT2D eigenvalue weighted by Gasteiger charge is -2.35. The van der Waals surface area contributed by atoms with Crippen molar-refractivity contribution in [2.24, 2.45) is 11.8 Å². The van der Waals surface area contributed by atoms with E-state index in [1.165, 1.54) is 0 Å². The number of nitrogens with zero attached hydrogens (tertiary/aromatic N) is 3. The molecule has 0 aromatic heterocycles. The number of hydrogen-bond acceptors (Lipinski definition) is 4. The zero-order valence-electron chi connectivity index (χ0n) is 12.2. The number of fused-ring (bicyclic) bond motifs is 1. The van der Waals surface area contributed by atoms with Gasteiger partial charge in [-0.1, -0.05) is 0 Å². The van der Waals surface area contributed by atoms with Crippen molar-refractivity contribution in [3.05, 3.63) is 0 Å². The van der Waals surface area contributed by atoms with E-state index in [2.05, 4.69) is 10.2 Å². The summed E-state index contributed by atoms with van der Waals surface area (Å²) in [7, 11) is 0. The van der Waals surface area contributed by atoms with Crippen LogP contribution in [0.1, 0.15) is 6.92 Å². The minimum absolute atomic E-state index is 0.108. The molecule has 0 bridgehead atoms. The van der Waals surface area contributed by atoms with Crippen molar-refractivity contribution in [1.29, 1.82) is 0 Å². The molecule has 0 spiro atoms. The van der Waals surface area contributed by atoms with Gasteiger partial charge in [-0.3, -0.25) is 14.5 Å². The first kappa shape index (κ1) is 13.8. The number of likely N-dealkylation sites (tertiary alicyclic amines) is 1. The second-order valence-corrected chi connectivity index (χ2v) is 6.26. The monoisotopic (exact) mass is 280 g/mol. The summed E-state index contributed by atoms with van der Waals surface area (Å²) in [5.74, 6) is 1.80. The Morgan fingerprint density at radius 1 is 1.00 bits per heavy atom. The van der Waals surface area contributed by atoms with Gasteiger partial charge in [0.05, 0.1) is 6.54 Å². The van der Waals surface area contributed by atoms with Crippen LogP contribution in [0.3, 0.4) is 0 Å². The lowest BCUT2D eigenvalue weighted by molar-refractivity contribution is -0.139. The van der Waals surface area contributed by atoms with Crippen molar-refractivity contribution in [1.82, 2.24) is 20.0 Å². The van der Waals surface area contributed by atoms with Crippen molar-refractivity contribution in [3.8, 4) is 0 Å². The van der Waals surface area contributed by atoms with E-state index in [9.17, 15) is 9.59 Å². The molecule has 1 N–H and O–H groups in total. The Labute approximate surface area is 120 Å². The maximum Gasteiger partial charge on any atom is 0.236 e. The molecule has 0 radical (unpaired) electrons. The van der Waals surface area contributed by atoms with Gasteiger partial charge in [0.25, 0.3) is 0 Å². The van der Waals surface area contributed by atoms with Gasteiger partial charge < -0.3 is 15.1 Å². The highest BCUT2D eigenvalue weighted by Gasteiger charge is 2.37. The fourth-order valence-corrected chi connectivity index (χ4v) is 3.64. The summed E-state index contributed by atoms with van der Waals surface area (Å²) in [6.45, 7) is 9.17. The SMILES string of the molecule is CC(=O)N1CCN(C(=O)CN2C[C@H]3CNC[C@H]3C2)CC1. The normalized spacial score (nSPS) is 30.6. The molecule has 2 atom stereocenters. The van der Waals surface area contributed by atoms with E-state index in [1.54, 1.807) is 6.92 Å². The molecular formula is C14H24N4O2. The van der Waals surface area contributed by atoms with Gasteiger partial charge in [-0.25, -0.2) is 0 Å². The molecule has 20 heavy (non-hydrogen) atoms. The molecule has 3 saturated heterocycles. The molecule has 6 nitrogen and oxygen atoms in total. The standard InChI is InChI=1S/C14H24N4O2/c1-11(19)17-2-4-18(5-3-17)14(20)10-16-8-12-6-15-7-13(12)9-16/h12-13,15H,2-10H2,1H3/t12-,13+. The number of carbonyl (C=O) groups is 2. The number of nitrogens with one attached hydrogen (secondary N) is 1. The summed E-state index contributed by atoms with van der Waals surface area (Å²) in [4.78, 5) is 29.6. The maximum atomic E-state index is 12.3. The molecule has 0 aromatic carbocycles. The molecule has 0 saturated carbocycles. The van der Waals surface area contributed by atoms with Crippen molar-refractivity contribution in [2.45, 2.75) is 6.92 Å². The minimum Gasteiger partial charge on any atom is -0.339 e. The van der Waals surface area contributed by atoms with Gasteiger partial charge in [-0.15, -0.1) is 0 Å². The predicted molar refractivity (Wildman–Crippen MR) is 75.1 cm³/mol. The zero-order valence-corrected chi connectivity index (χ0v) is 12.2. The first-order chi connectivity index (χ1) is 9.63. The smallest absolute Gasteiger partial charge is 0.236 e. The molecule has 0 aromatic rings. The van der Waals surface area contributed by atoms with E-state index in [0.29, 0.717) is 32.7 Å². The Kier molecular flexibility index (Phi) is 3.94. The molecule has 0 aliphatic carbocycles. The Morgan fingerprint density at radius 3 is 2.10 bits per heavy atom. The fraction of sp³-hybridized carbons (Fsp3) is 0.857. The quantitative estimate of drug-likeness (QED) is 0.692. The summed E-state index contributed by atoms with van der Waals surface area (Å²) < 4.78 is 0. The van der Waals surface area contributed by atoms with Gasteiger partial charge in [-0.05, 0) is 24.9 Å². The number of amides is 2. The number of rotatable bonds is 2.